The first-order valence-electron chi connectivity index (χ1n) is 4.59. The van der Waals surface area contributed by atoms with Gasteiger partial charge in [-0.3, -0.25) is 9.98 Å². The molecule has 0 radical (unpaired) electrons. The van der Waals surface area contributed by atoms with Crippen molar-refractivity contribution in [2.24, 2.45) is 9.98 Å². The summed E-state index contributed by atoms with van der Waals surface area (Å²) in [5, 5.41) is 0. The van der Waals surface area contributed by atoms with E-state index in [4.69, 9.17) is 4.74 Å². The fraction of sp³-hybridized carbons (Fsp3) is 0.273. The molecule has 3 nitrogen and oxygen atoms in total. The molecule has 1 aliphatic heterocycles. The summed E-state index contributed by atoms with van der Waals surface area (Å²) in [5.74, 6) is 0.863. The highest BCUT2D eigenvalue weighted by atomic mass is 16.5. The largest absolute Gasteiger partial charge is 0.497 e. The highest BCUT2D eigenvalue weighted by Crippen LogP contribution is 2.12. The van der Waals surface area contributed by atoms with Gasteiger partial charge in [-0.15, -0.1) is 0 Å². The average Bonchev–Trinajstić information content (AvgIpc) is 2.30. The van der Waals surface area contributed by atoms with Crippen molar-refractivity contribution < 1.29 is 4.74 Å². The predicted molar refractivity (Wildman–Crippen MR) is 57.8 cm³/mol. The van der Waals surface area contributed by atoms with Gasteiger partial charge in [-0.05, 0) is 24.3 Å². The third-order valence-corrected chi connectivity index (χ3v) is 2.11. The molecule has 0 amide bonds. The Morgan fingerprint density at radius 3 is 2.50 bits per heavy atom. The first kappa shape index (κ1) is 8.94. The lowest BCUT2D eigenvalue weighted by atomic mass is 10.1. The highest BCUT2D eigenvalue weighted by molar-refractivity contribution is 6.38. The SMILES string of the molecule is COc1ccc(C2=NCCN=C2)cc1. The fourth-order valence-corrected chi connectivity index (χ4v) is 1.35. The van der Waals surface area contributed by atoms with Crippen molar-refractivity contribution in [2.75, 3.05) is 20.2 Å². The van der Waals surface area contributed by atoms with Gasteiger partial charge in [0.2, 0.25) is 0 Å². The summed E-state index contributed by atoms with van der Waals surface area (Å²) in [6, 6.07) is 7.85. The van der Waals surface area contributed by atoms with Gasteiger partial charge < -0.3 is 4.74 Å². The molecule has 0 unspecified atom stereocenters. The number of nitrogens with zero attached hydrogens (tertiary/aromatic N) is 2. The Morgan fingerprint density at radius 2 is 1.93 bits per heavy atom. The monoisotopic (exact) mass is 188 g/mol. The number of rotatable bonds is 2. The van der Waals surface area contributed by atoms with Gasteiger partial charge >= 0.3 is 0 Å². The van der Waals surface area contributed by atoms with Gasteiger partial charge in [-0.2, -0.15) is 0 Å². The Balaban J connectivity index is 2.24. The summed E-state index contributed by atoms with van der Waals surface area (Å²) >= 11 is 0. The summed E-state index contributed by atoms with van der Waals surface area (Å²) in [7, 11) is 1.66. The maximum Gasteiger partial charge on any atom is 0.118 e. The third-order valence-electron chi connectivity index (χ3n) is 2.11. The van der Waals surface area contributed by atoms with E-state index in [1.807, 2.05) is 30.5 Å². The van der Waals surface area contributed by atoms with Gasteiger partial charge in [0.15, 0.2) is 0 Å². The molecule has 0 atom stereocenters. The first-order valence-corrected chi connectivity index (χ1v) is 4.59. The molecule has 1 aromatic rings. The number of ether oxygens (including phenoxy) is 1. The molecular weight excluding hydrogens is 176 g/mol. The van der Waals surface area contributed by atoms with Crippen LogP contribution >= 0.6 is 0 Å². The standard InChI is InChI=1S/C11H12N2O/c1-14-10-4-2-9(3-5-10)11-8-12-6-7-13-11/h2-5,8H,6-7H2,1H3. The molecule has 0 aromatic heterocycles. The van der Waals surface area contributed by atoms with Gasteiger partial charge in [0, 0.05) is 11.8 Å². The van der Waals surface area contributed by atoms with Crippen molar-refractivity contribution in [2.45, 2.75) is 0 Å². The van der Waals surface area contributed by atoms with Gasteiger partial charge in [0.05, 0.1) is 25.9 Å². The van der Waals surface area contributed by atoms with Crippen LogP contribution in [0.4, 0.5) is 0 Å². The smallest absolute Gasteiger partial charge is 0.118 e. The summed E-state index contributed by atoms with van der Waals surface area (Å²) in [6.07, 6.45) is 1.82. The number of hydrogen-bond acceptors (Lipinski definition) is 3. The molecule has 2 rings (SSSR count). The maximum atomic E-state index is 5.08. The number of benzene rings is 1. The molecule has 0 saturated carbocycles. The van der Waals surface area contributed by atoms with Crippen molar-refractivity contribution in [1.29, 1.82) is 0 Å². The topological polar surface area (TPSA) is 34.0 Å². The summed E-state index contributed by atoms with van der Waals surface area (Å²) in [5.41, 5.74) is 2.05. The lowest BCUT2D eigenvalue weighted by molar-refractivity contribution is 0.415. The third kappa shape index (κ3) is 1.82. The van der Waals surface area contributed by atoms with E-state index in [-0.39, 0.29) is 0 Å². The molecule has 72 valence electrons. The van der Waals surface area contributed by atoms with Crippen molar-refractivity contribution in [3.05, 3.63) is 29.8 Å². The second-order valence-corrected chi connectivity index (χ2v) is 3.03. The van der Waals surface area contributed by atoms with E-state index in [2.05, 4.69) is 9.98 Å². The van der Waals surface area contributed by atoms with Crippen LogP contribution in [-0.2, 0) is 0 Å². The van der Waals surface area contributed by atoms with E-state index in [0.29, 0.717) is 0 Å². The van der Waals surface area contributed by atoms with Crippen LogP contribution in [0.3, 0.4) is 0 Å². The lowest BCUT2D eigenvalue weighted by Crippen LogP contribution is -2.09. The Bertz CT molecular complexity index is 365. The molecule has 0 N–H and O–H groups in total. The second-order valence-electron chi connectivity index (χ2n) is 3.03. The molecular formula is C11H12N2O. The number of aliphatic imine (C=N–C) groups is 2. The van der Waals surface area contributed by atoms with Gasteiger partial charge in [0.25, 0.3) is 0 Å². The van der Waals surface area contributed by atoms with Crippen LogP contribution in [-0.4, -0.2) is 32.1 Å². The predicted octanol–water partition coefficient (Wildman–Crippen LogP) is 1.57. The molecule has 0 saturated heterocycles. The van der Waals surface area contributed by atoms with Crippen LogP contribution in [0.2, 0.25) is 0 Å². The molecule has 0 aliphatic carbocycles. The highest BCUT2D eigenvalue weighted by Gasteiger charge is 2.03. The molecule has 14 heavy (non-hydrogen) atoms. The molecule has 1 heterocycles. The molecule has 0 bridgehead atoms. The summed E-state index contributed by atoms with van der Waals surface area (Å²) in [4.78, 5) is 8.57. The molecule has 1 aliphatic rings. The van der Waals surface area contributed by atoms with Crippen molar-refractivity contribution in [3.8, 4) is 5.75 Å². The summed E-state index contributed by atoms with van der Waals surface area (Å²) < 4.78 is 5.08. The van der Waals surface area contributed by atoms with Crippen LogP contribution in [0.5, 0.6) is 5.75 Å². The zero-order valence-corrected chi connectivity index (χ0v) is 8.10. The average molecular weight is 188 g/mol. The summed E-state index contributed by atoms with van der Waals surface area (Å²) in [6.45, 7) is 1.59. The van der Waals surface area contributed by atoms with Gasteiger partial charge in [-0.25, -0.2) is 0 Å². The minimum Gasteiger partial charge on any atom is -0.497 e. The van der Waals surface area contributed by atoms with Gasteiger partial charge in [-0.1, -0.05) is 0 Å². The van der Waals surface area contributed by atoms with Gasteiger partial charge in [0.1, 0.15) is 5.75 Å². The Labute approximate surface area is 83.2 Å². The zero-order valence-electron chi connectivity index (χ0n) is 8.10. The van der Waals surface area contributed by atoms with Crippen LogP contribution in [0, 0.1) is 0 Å². The molecule has 3 heteroatoms. The van der Waals surface area contributed by atoms with Crippen molar-refractivity contribution in [1.82, 2.24) is 0 Å². The van der Waals surface area contributed by atoms with E-state index in [1.165, 1.54) is 0 Å². The van der Waals surface area contributed by atoms with E-state index >= 15 is 0 Å². The number of hydrogen-bond donors (Lipinski definition) is 0. The maximum absolute atomic E-state index is 5.08. The van der Waals surface area contributed by atoms with E-state index in [1.54, 1.807) is 7.11 Å². The quantitative estimate of drug-likeness (QED) is 0.693. The zero-order chi connectivity index (χ0) is 9.80. The lowest BCUT2D eigenvalue weighted by Gasteiger charge is -2.06. The van der Waals surface area contributed by atoms with Crippen molar-refractivity contribution >= 4 is 11.9 Å². The first-order chi connectivity index (χ1) is 6.90. The van der Waals surface area contributed by atoms with Crippen molar-refractivity contribution in [3.63, 3.8) is 0 Å². The Hall–Kier alpha value is -1.64. The Kier molecular flexibility index (Phi) is 2.58. The van der Waals surface area contributed by atoms with Crippen LogP contribution in [0.25, 0.3) is 0 Å². The van der Waals surface area contributed by atoms with Crippen LogP contribution in [0.15, 0.2) is 34.3 Å². The van der Waals surface area contributed by atoms with E-state index in [9.17, 15) is 0 Å². The van der Waals surface area contributed by atoms with Crippen LogP contribution < -0.4 is 4.74 Å². The number of methoxy groups -OCH3 is 1. The molecule has 0 spiro atoms. The molecule has 1 aromatic carbocycles. The minimum atomic E-state index is 0.790. The minimum absolute atomic E-state index is 0.790. The van der Waals surface area contributed by atoms with E-state index in [0.717, 1.165) is 30.1 Å². The molecule has 0 fully saturated rings. The Morgan fingerprint density at radius 1 is 1.14 bits per heavy atom. The normalized spacial score (nSPS) is 15.1. The van der Waals surface area contributed by atoms with E-state index < -0.39 is 0 Å². The second kappa shape index (κ2) is 4.05. The van der Waals surface area contributed by atoms with Crippen LogP contribution in [0.1, 0.15) is 5.56 Å². The fourth-order valence-electron chi connectivity index (χ4n) is 1.35.